The van der Waals surface area contributed by atoms with E-state index in [0.717, 1.165) is 19.3 Å². The number of ketones is 1. The molecule has 1 heterocycles. The maximum atomic E-state index is 13.0. The van der Waals surface area contributed by atoms with Gasteiger partial charge in [0.25, 0.3) is 5.91 Å². The molecule has 1 atom stereocenters. The zero-order valence-corrected chi connectivity index (χ0v) is 15.9. The lowest BCUT2D eigenvalue weighted by atomic mass is 9.85. The highest BCUT2D eigenvalue weighted by Crippen LogP contribution is 2.43. The number of amides is 1. The number of carbonyl (C=O) groups excluding carboxylic acids is 2. The number of aliphatic hydroxyl groups is 1. The maximum Gasteiger partial charge on any atom is 0.264 e. The second kappa shape index (κ2) is 6.61. The molecular weight excluding hydrogens is 338 g/mol. The predicted molar refractivity (Wildman–Crippen MR) is 105 cm³/mol. The number of carbonyl (C=O) groups is 2. The van der Waals surface area contributed by atoms with Gasteiger partial charge in [-0.05, 0) is 62.8 Å². The van der Waals surface area contributed by atoms with Gasteiger partial charge in [-0.3, -0.25) is 9.59 Å². The third kappa shape index (κ3) is 2.88. The summed E-state index contributed by atoms with van der Waals surface area (Å²) in [4.78, 5) is 27.6. The third-order valence-electron chi connectivity index (χ3n) is 5.79. The fraction of sp³-hybridized carbons (Fsp3) is 0.391. The summed E-state index contributed by atoms with van der Waals surface area (Å²) in [6, 6.07) is 12.9. The van der Waals surface area contributed by atoms with Crippen molar-refractivity contribution in [3.63, 3.8) is 0 Å². The van der Waals surface area contributed by atoms with Crippen LogP contribution >= 0.6 is 0 Å². The Balaban J connectivity index is 1.67. The van der Waals surface area contributed by atoms with Gasteiger partial charge in [0, 0.05) is 17.2 Å². The van der Waals surface area contributed by atoms with Crippen LogP contribution in [0.15, 0.2) is 42.5 Å². The van der Waals surface area contributed by atoms with Crippen molar-refractivity contribution in [2.45, 2.75) is 57.6 Å². The van der Waals surface area contributed by atoms with Crippen molar-refractivity contribution in [3.05, 3.63) is 64.7 Å². The molecule has 0 bridgehead atoms. The van der Waals surface area contributed by atoms with Crippen molar-refractivity contribution in [3.8, 4) is 0 Å². The normalized spacial score (nSPS) is 21.3. The van der Waals surface area contributed by atoms with E-state index in [0.29, 0.717) is 16.8 Å². The topological polar surface area (TPSA) is 57.6 Å². The van der Waals surface area contributed by atoms with Crippen molar-refractivity contribution in [2.24, 2.45) is 0 Å². The molecule has 0 saturated carbocycles. The van der Waals surface area contributed by atoms with Crippen LogP contribution in [0.5, 0.6) is 0 Å². The van der Waals surface area contributed by atoms with E-state index in [4.69, 9.17) is 0 Å². The van der Waals surface area contributed by atoms with Crippen LogP contribution in [-0.4, -0.2) is 22.8 Å². The van der Waals surface area contributed by atoms with Crippen LogP contribution < -0.4 is 4.90 Å². The molecule has 2 aromatic carbocycles. The number of hydrogen-bond donors (Lipinski definition) is 1. The van der Waals surface area contributed by atoms with Crippen LogP contribution in [0.3, 0.4) is 0 Å². The minimum absolute atomic E-state index is 0.0912. The summed E-state index contributed by atoms with van der Waals surface area (Å²) in [7, 11) is 0. The molecule has 4 nitrogen and oxygen atoms in total. The van der Waals surface area contributed by atoms with Gasteiger partial charge >= 0.3 is 0 Å². The summed E-state index contributed by atoms with van der Waals surface area (Å²) in [6.45, 7) is 3.82. The Labute approximate surface area is 159 Å². The number of rotatable bonds is 4. The van der Waals surface area contributed by atoms with Crippen molar-refractivity contribution in [2.75, 3.05) is 4.90 Å². The van der Waals surface area contributed by atoms with Gasteiger partial charge in [-0.25, -0.2) is 0 Å². The van der Waals surface area contributed by atoms with E-state index in [-0.39, 0.29) is 18.2 Å². The van der Waals surface area contributed by atoms with E-state index in [9.17, 15) is 14.7 Å². The minimum atomic E-state index is -1.80. The number of Topliss-reactive ketones (excluding diaryl/α,β-unsaturated/α-hetero) is 1. The minimum Gasteiger partial charge on any atom is -0.375 e. The molecule has 1 amide bonds. The predicted octanol–water partition coefficient (Wildman–Crippen LogP) is 3.78. The Bertz CT molecular complexity index is 918. The number of anilines is 1. The molecule has 2 aliphatic rings. The number of para-hydroxylation sites is 1. The summed E-state index contributed by atoms with van der Waals surface area (Å²) in [5.74, 6) is -0.607. The quantitative estimate of drug-likeness (QED) is 0.841. The average molecular weight is 363 g/mol. The number of aryl methyl sites for hydroxylation is 2. The fourth-order valence-electron chi connectivity index (χ4n) is 4.38. The summed E-state index contributed by atoms with van der Waals surface area (Å²) in [5, 5.41) is 11.3. The van der Waals surface area contributed by atoms with Gasteiger partial charge in [0.15, 0.2) is 11.4 Å². The van der Waals surface area contributed by atoms with Crippen LogP contribution in [-0.2, 0) is 23.2 Å². The molecule has 2 aromatic rings. The molecule has 0 aromatic heterocycles. The molecule has 140 valence electrons. The van der Waals surface area contributed by atoms with Crippen LogP contribution in [0.1, 0.15) is 60.2 Å². The first-order chi connectivity index (χ1) is 12.9. The highest BCUT2D eigenvalue weighted by molar-refractivity contribution is 6.11. The lowest BCUT2D eigenvalue weighted by Crippen LogP contribution is -2.44. The van der Waals surface area contributed by atoms with E-state index in [1.54, 1.807) is 17.0 Å². The molecular formula is C23H25NO3. The summed E-state index contributed by atoms with van der Waals surface area (Å²) >= 11 is 0. The van der Waals surface area contributed by atoms with Crippen molar-refractivity contribution >= 4 is 17.4 Å². The number of nitrogens with zero attached hydrogens (tertiary/aromatic N) is 1. The first-order valence-electron chi connectivity index (χ1n) is 9.72. The van der Waals surface area contributed by atoms with Gasteiger partial charge in [-0.2, -0.15) is 0 Å². The fourth-order valence-corrected chi connectivity index (χ4v) is 4.38. The summed E-state index contributed by atoms with van der Waals surface area (Å²) in [6.07, 6.45) is 4.15. The van der Waals surface area contributed by atoms with Gasteiger partial charge in [0.1, 0.15) is 0 Å². The Morgan fingerprint density at radius 1 is 1.11 bits per heavy atom. The van der Waals surface area contributed by atoms with Crippen LogP contribution in [0.4, 0.5) is 5.69 Å². The zero-order chi connectivity index (χ0) is 19.2. The monoisotopic (exact) mass is 363 g/mol. The number of fused-ring (bicyclic) bond motifs is 2. The SMILES string of the molecule is CC(C)N1C(=O)[C@](O)(CC(=O)c2ccc3c(c2)CCCC3)c2ccccc21. The van der Waals surface area contributed by atoms with Crippen LogP contribution in [0.2, 0.25) is 0 Å². The smallest absolute Gasteiger partial charge is 0.264 e. The molecule has 1 N–H and O–H groups in total. The first-order valence-corrected chi connectivity index (χ1v) is 9.72. The molecule has 0 spiro atoms. The molecule has 27 heavy (non-hydrogen) atoms. The van der Waals surface area contributed by atoms with Crippen molar-refractivity contribution in [1.82, 2.24) is 0 Å². The number of hydrogen-bond acceptors (Lipinski definition) is 3. The lowest BCUT2D eigenvalue weighted by molar-refractivity contribution is -0.136. The molecule has 0 radical (unpaired) electrons. The van der Waals surface area contributed by atoms with Gasteiger partial charge in [0.2, 0.25) is 0 Å². The lowest BCUT2D eigenvalue weighted by Gasteiger charge is -2.25. The molecule has 4 heteroatoms. The largest absolute Gasteiger partial charge is 0.375 e. The van der Waals surface area contributed by atoms with Gasteiger partial charge < -0.3 is 10.0 Å². The van der Waals surface area contributed by atoms with E-state index in [1.807, 2.05) is 44.2 Å². The molecule has 1 aliphatic carbocycles. The Morgan fingerprint density at radius 3 is 2.56 bits per heavy atom. The maximum absolute atomic E-state index is 13.0. The molecule has 0 saturated heterocycles. The number of benzene rings is 2. The highest BCUT2D eigenvalue weighted by Gasteiger charge is 2.51. The first kappa shape index (κ1) is 17.9. The van der Waals surface area contributed by atoms with Gasteiger partial charge in [-0.15, -0.1) is 0 Å². The Morgan fingerprint density at radius 2 is 1.81 bits per heavy atom. The van der Waals surface area contributed by atoms with E-state index in [1.165, 1.54) is 17.5 Å². The van der Waals surface area contributed by atoms with Crippen LogP contribution in [0.25, 0.3) is 0 Å². The Hall–Kier alpha value is -2.46. The van der Waals surface area contributed by atoms with Crippen LogP contribution in [0, 0.1) is 0 Å². The Kier molecular flexibility index (Phi) is 4.39. The second-order valence-corrected chi connectivity index (χ2v) is 7.94. The van der Waals surface area contributed by atoms with Gasteiger partial charge in [-0.1, -0.05) is 30.3 Å². The van der Waals surface area contributed by atoms with E-state index < -0.39 is 11.5 Å². The van der Waals surface area contributed by atoms with E-state index in [2.05, 4.69) is 0 Å². The molecule has 0 unspecified atom stereocenters. The zero-order valence-electron chi connectivity index (χ0n) is 15.9. The molecule has 4 rings (SSSR count). The van der Waals surface area contributed by atoms with Crippen molar-refractivity contribution in [1.29, 1.82) is 0 Å². The highest BCUT2D eigenvalue weighted by atomic mass is 16.3. The molecule has 1 aliphatic heterocycles. The summed E-state index contributed by atoms with van der Waals surface area (Å²) < 4.78 is 0. The average Bonchev–Trinajstić information content (AvgIpc) is 2.89. The summed E-state index contributed by atoms with van der Waals surface area (Å²) in [5.41, 5.74) is 2.53. The molecule has 0 fully saturated rings. The second-order valence-electron chi connectivity index (χ2n) is 7.94. The van der Waals surface area contributed by atoms with Gasteiger partial charge in [0.05, 0.1) is 12.1 Å². The van der Waals surface area contributed by atoms with Crippen molar-refractivity contribution < 1.29 is 14.7 Å². The van der Waals surface area contributed by atoms with E-state index >= 15 is 0 Å². The third-order valence-corrected chi connectivity index (χ3v) is 5.79. The standard InChI is InChI=1S/C23H25NO3/c1-15(2)24-20-10-6-5-9-19(20)23(27,22(24)26)14-21(25)18-12-11-16-7-3-4-8-17(16)13-18/h5-6,9-13,15,27H,3-4,7-8,14H2,1-2H3/t23-/m0/s1.